The minimum absolute atomic E-state index is 0.122. The second kappa shape index (κ2) is 7.69. The molecule has 0 amide bonds. The molecule has 0 N–H and O–H groups in total. The highest BCUT2D eigenvalue weighted by Gasteiger charge is 2.16. The van der Waals surface area contributed by atoms with Gasteiger partial charge in [-0.25, -0.2) is 9.78 Å². The fourth-order valence-electron chi connectivity index (χ4n) is 2.33. The molecule has 0 saturated heterocycles. The van der Waals surface area contributed by atoms with E-state index in [2.05, 4.69) is 15.2 Å². The van der Waals surface area contributed by atoms with Gasteiger partial charge in [-0.3, -0.25) is 0 Å². The van der Waals surface area contributed by atoms with Crippen LogP contribution in [0.1, 0.15) is 16.4 Å². The van der Waals surface area contributed by atoms with Crippen molar-refractivity contribution >= 4 is 28.9 Å². The Kier molecular flexibility index (Phi) is 4.95. The van der Waals surface area contributed by atoms with Crippen molar-refractivity contribution in [2.75, 3.05) is 0 Å². The summed E-state index contributed by atoms with van der Waals surface area (Å²) in [6.45, 7) is -0.122. The second-order valence-electron chi connectivity index (χ2n) is 5.49. The Labute approximate surface area is 163 Å². The van der Waals surface area contributed by atoms with Crippen LogP contribution < -0.4 is 0 Å². The molecule has 0 atom stereocenters. The van der Waals surface area contributed by atoms with Gasteiger partial charge < -0.3 is 9.15 Å². The summed E-state index contributed by atoms with van der Waals surface area (Å²) >= 11 is 7.33. The van der Waals surface area contributed by atoms with Gasteiger partial charge in [-0.15, -0.1) is 21.5 Å². The molecule has 0 aliphatic heterocycles. The van der Waals surface area contributed by atoms with Gasteiger partial charge in [0.25, 0.3) is 5.89 Å². The topological polar surface area (TPSA) is 78.1 Å². The number of ether oxygens (including phenoxy) is 1. The molecule has 0 fully saturated rings. The Bertz CT molecular complexity index is 1080. The van der Waals surface area contributed by atoms with E-state index < -0.39 is 5.97 Å². The molecule has 2 heterocycles. The van der Waals surface area contributed by atoms with Crippen molar-refractivity contribution in [3.63, 3.8) is 0 Å². The van der Waals surface area contributed by atoms with Gasteiger partial charge in [0.15, 0.2) is 12.3 Å². The van der Waals surface area contributed by atoms with E-state index in [9.17, 15) is 4.79 Å². The minimum Gasteiger partial charge on any atom is -0.451 e. The van der Waals surface area contributed by atoms with Crippen molar-refractivity contribution in [3.8, 4) is 22.0 Å². The summed E-state index contributed by atoms with van der Waals surface area (Å²) in [7, 11) is 0. The minimum atomic E-state index is -0.556. The fourth-order valence-corrected chi connectivity index (χ4v) is 3.31. The summed E-state index contributed by atoms with van der Waals surface area (Å²) in [5.41, 5.74) is 1.86. The van der Waals surface area contributed by atoms with Gasteiger partial charge in [0.1, 0.15) is 5.01 Å². The molecule has 0 unspecified atom stereocenters. The van der Waals surface area contributed by atoms with Crippen LogP contribution in [-0.2, 0) is 11.3 Å². The zero-order valence-corrected chi connectivity index (χ0v) is 15.4. The molecule has 0 bridgehead atoms. The number of halogens is 1. The first kappa shape index (κ1) is 17.4. The quantitative estimate of drug-likeness (QED) is 0.447. The van der Waals surface area contributed by atoms with E-state index in [4.69, 9.17) is 20.8 Å². The smallest absolute Gasteiger partial charge is 0.358 e. The van der Waals surface area contributed by atoms with Crippen LogP contribution in [0, 0.1) is 0 Å². The number of esters is 1. The normalized spacial score (nSPS) is 10.7. The molecule has 0 aliphatic rings. The van der Waals surface area contributed by atoms with Gasteiger partial charge in [-0.05, 0) is 24.3 Å². The summed E-state index contributed by atoms with van der Waals surface area (Å²) in [6.07, 6.45) is 0. The Morgan fingerprint density at radius 1 is 1.07 bits per heavy atom. The molecule has 0 saturated carbocycles. The van der Waals surface area contributed by atoms with Crippen molar-refractivity contribution in [2.24, 2.45) is 0 Å². The van der Waals surface area contributed by atoms with E-state index >= 15 is 0 Å². The summed E-state index contributed by atoms with van der Waals surface area (Å²) < 4.78 is 10.7. The molecule has 27 heavy (non-hydrogen) atoms. The first-order valence-electron chi connectivity index (χ1n) is 7.95. The predicted octanol–water partition coefficient (Wildman–Crippen LogP) is 4.87. The molecular weight excluding hydrogens is 386 g/mol. The third-order valence-corrected chi connectivity index (χ3v) is 4.73. The molecule has 6 nitrogen and oxygen atoms in total. The van der Waals surface area contributed by atoms with Crippen molar-refractivity contribution in [2.45, 2.75) is 6.61 Å². The van der Waals surface area contributed by atoms with Gasteiger partial charge in [-0.2, -0.15) is 0 Å². The molecule has 4 rings (SSSR count). The van der Waals surface area contributed by atoms with Crippen molar-refractivity contribution in [1.82, 2.24) is 15.2 Å². The molecule has 4 aromatic rings. The number of hydrogen-bond donors (Lipinski definition) is 0. The second-order valence-corrected chi connectivity index (χ2v) is 6.79. The highest BCUT2D eigenvalue weighted by atomic mass is 35.5. The number of aromatic nitrogens is 3. The summed E-state index contributed by atoms with van der Waals surface area (Å²) in [6, 6.07) is 16.6. The number of hydrogen-bond acceptors (Lipinski definition) is 7. The van der Waals surface area contributed by atoms with E-state index in [0.717, 1.165) is 11.1 Å². The van der Waals surface area contributed by atoms with E-state index in [1.165, 1.54) is 11.3 Å². The van der Waals surface area contributed by atoms with E-state index in [-0.39, 0.29) is 18.2 Å². The van der Waals surface area contributed by atoms with Crippen molar-refractivity contribution in [1.29, 1.82) is 0 Å². The Hall–Kier alpha value is -3.03. The van der Waals surface area contributed by atoms with Crippen LogP contribution in [0.3, 0.4) is 0 Å². The maximum atomic E-state index is 12.2. The largest absolute Gasteiger partial charge is 0.451 e. The van der Waals surface area contributed by atoms with Gasteiger partial charge in [0.2, 0.25) is 5.89 Å². The highest BCUT2D eigenvalue weighted by Crippen LogP contribution is 2.26. The summed E-state index contributed by atoms with van der Waals surface area (Å²) in [5, 5.41) is 10.8. The van der Waals surface area contributed by atoms with Crippen LogP contribution in [0.15, 0.2) is 64.4 Å². The molecule has 8 heteroatoms. The van der Waals surface area contributed by atoms with E-state index in [1.807, 2.05) is 42.5 Å². The van der Waals surface area contributed by atoms with Gasteiger partial charge in [0.05, 0.1) is 0 Å². The van der Waals surface area contributed by atoms with Gasteiger partial charge >= 0.3 is 5.97 Å². The zero-order chi connectivity index (χ0) is 18.6. The lowest BCUT2D eigenvalue weighted by Crippen LogP contribution is -2.05. The molecule has 2 aromatic carbocycles. The lowest BCUT2D eigenvalue weighted by atomic mass is 10.2. The molecule has 0 aliphatic carbocycles. The van der Waals surface area contributed by atoms with Crippen LogP contribution in [0.25, 0.3) is 22.0 Å². The van der Waals surface area contributed by atoms with Crippen LogP contribution in [0.4, 0.5) is 0 Å². The molecule has 0 radical (unpaired) electrons. The maximum absolute atomic E-state index is 12.2. The number of carbonyl (C=O) groups excluding carboxylic acids is 1. The zero-order valence-electron chi connectivity index (χ0n) is 13.8. The molecule has 0 spiro atoms. The lowest BCUT2D eigenvalue weighted by molar-refractivity contribution is 0.0433. The van der Waals surface area contributed by atoms with Crippen LogP contribution in [0.5, 0.6) is 0 Å². The Morgan fingerprint density at radius 3 is 2.70 bits per heavy atom. The number of benzene rings is 2. The number of nitrogens with zero attached hydrogens (tertiary/aromatic N) is 3. The van der Waals surface area contributed by atoms with Gasteiger partial charge in [-0.1, -0.05) is 41.9 Å². The summed E-state index contributed by atoms with van der Waals surface area (Å²) in [4.78, 5) is 16.5. The summed E-state index contributed by atoms with van der Waals surface area (Å²) in [5.74, 6) is 0.0324. The van der Waals surface area contributed by atoms with Crippen LogP contribution >= 0.6 is 22.9 Å². The highest BCUT2D eigenvalue weighted by molar-refractivity contribution is 7.13. The third-order valence-electron chi connectivity index (χ3n) is 3.60. The Balaban J connectivity index is 1.41. The van der Waals surface area contributed by atoms with E-state index in [1.54, 1.807) is 17.5 Å². The van der Waals surface area contributed by atoms with Crippen molar-refractivity contribution in [3.05, 3.63) is 76.6 Å². The molecule has 134 valence electrons. The predicted molar refractivity (Wildman–Crippen MR) is 101 cm³/mol. The van der Waals surface area contributed by atoms with E-state index in [0.29, 0.717) is 15.9 Å². The molecular formula is C19H12ClN3O3S. The third kappa shape index (κ3) is 4.05. The number of thiazole rings is 1. The maximum Gasteiger partial charge on any atom is 0.358 e. The average molecular weight is 398 g/mol. The lowest BCUT2D eigenvalue weighted by Gasteiger charge is -1.99. The standard InChI is InChI=1S/C19H12ClN3O3S/c20-14-8-4-7-13(9-14)18-21-15(11-27-18)19(24)25-10-16-22-23-17(26-16)12-5-2-1-3-6-12/h1-9,11H,10H2. The first-order chi connectivity index (χ1) is 13.2. The average Bonchev–Trinajstić information content (AvgIpc) is 3.37. The number of rotatable bonds is 5. The fraction of sp³-hybridized carbons (Fsp3) is 0.0526. The first-order valence-corrected chi connectivity index (χ1v) is 9.21. The number of carbonyl (C=O) groups is 1. The SMILES string of the molecule is O=C(OCc1nnc(-c2ccccc2)o1)c1csc(-c2cccc(Cl)c2)n1. The van der Waals surface area contributed by atoms with Crippen LogP contribution in [-0.4, -0.2) is 21.2 Å². The van der Waals surface area contributed by atoms with Crippen molar-refractivity contribution < 1.29 is 13.9 Å². The molecule has 2 aromatic heterocycles. The monoisotopic (exact) mass is 397 g/mol. The van der Waals surface area contributed by atoms with Gasteiger partial charge in [0, 0.05) is 21.5 Å². The van der Waals surface area contributed by atoms with Crippen LogP contribution in [0.2, 0.25) is 5.02 Å². The Morgan fingerprint density at radius 2 is 1.89 bits per heavy atom.